The molecule has 1 aromatic heterocycles. The summed E-state index contributed by atoms with van der Waals surface area (Å²) >= 11 is 6.88. The zero-order valence-corrected chi connectivity index (χ0v) is 14.7. The van der Waals surface area contributed by atoms with Crippen molar-refractivity contribution in [3.05, 3.63) is 63.0 Å². The Bertz CT molecular complexity index is 783. The van der Waals surface area contributed by atoms with Crippen molar-refractivity contribution in [2.45, 2.75) is 6.54 Å². The molecule has 0 aliphatic rings. The summed E-state index contributed by atoms with van der Waals surface area (Å²) in [5, 5.41) is 7.48. The number of benzene rings is 2. The molecule has 0 aliphatic heterocycles. The first-order valence-electron chi connectivity index (χ1n) is 6.57. The summed E-state index contributed by atoms with van der Waals surface area (Å²) in [6.07, 6.45) is 0. The van der Waals surface area contributed by atoms with E-state index in [0.29, 0.717) is 12.5 Å². The van der Waals surface area contributed by atoms with Crippen molar-refractivity contribution in [2.75, 3.05) is 11.1 Å². The van der Waals surface area contributed by atoms with Gasteiger partial charge in [0, 0.05) is 14.6 Å². The molecule has 0 amide bonds. The van der Waals surface area contributed by atoms with E-state index in [0.717, 1.165) is 20.2 Å². The maximum absolute atomic E-state index is 5.74. The van der Waals surface area contributed by atoms with Gasteiger partial charge in [0.1, 0.15) is 0 Å². The SMILES string of the molecule is Nc1nc(Nc2ccc(Br)cc2)n(Cc2cccc(Br)c2)n1. The topological polar surface area (TPSA) is 68.8 Å². The van der Waals surface area contributed by atoms with Crippen molar-refractivity contribution in [1.29, 1.82) is 0 Å². The molecule has 0 spiro atoms. The van der Waals surface area contributed by atoms with Crippen LogP contribution in [0.1, 0.15) is 5.56 Å². The second-order valence-corrected chi connectivity index (χ2v) is 6.54. The molecular formula is C15H13Br2N5. The Morgan fingerprint density at radius 1 is 1.05 bits per heavy atom. The van der Waals surface area contributed by atoms with Crippen molar-refractivity contribution in [3.63, 3.8) is 0 Å². The monoisotopic (exact) mass is 421 g/mol. The molecule has 3 aromatic rings. The fourth-order valence-electron chi connectivity index (χ4n) is 2.03. The Balaban J connectivity index is 1.84. The van der Waals surface area contributed by atoms with Crippen molar-refractivity contribution >= 4 is 49.4 Å². The van der Waals surface area contributed by atoms with E-state index in [2.05, 4.69) is 47.3 Å². The van der Waals surface area contributed by atoms with E-state index in [1.807, 2.05) is 48.5 Å². The van der Waals surface area contributed by atoms with Crippen molar-refractivity contribution in [1.82, 2.24) is 14.8 Å². The van der Waals surface area contributed by atoms with Crippen LogP contribution in [0.4, 0.5) is 17.6 Å². The smallest absolute Gasteiger partial charge is 0.241 e. The molecule has 0 aliphatic carbocycles. The van der Waals surface area contributed by atoms with Gasteiger partial charge in [-0.2, -0.15) is 4.98 Å². The van der Waals surface area contributed by atoms with Gasteiger partial charge in [0.05, 0.1) is 6.54 Å². The molecule has 0 radical (unpaired) electrons. The summed E-state index contributed by atoms with van der Waals surface area (Å²) in [4.78, 5) is 4.24. The maximum Gasteiger partial charge on any atom is 0.241 e. The summed E-state index contributed by atoms with van der Waals surface area (Å²) in [5.74, 6) is 0.856. The lowest BCUT2D eigenvalue weighted by Gasteiger charge is -2.08. The van der Waals surface area contributed by atoms with E-state index in [4.69, 9.17) is 5.73 Å². The van der Waals surface area contributed by atoms with E-state index < -0.39 is 0 Å². The molecule has 3 N–H and O–H groups in total. The Morgan fingerprint density at radius 3 is 2.55 bits per heavy atom. The second-order valence-electron chi connectivity index (χ2n) is 4.71. The number of nitrogens with one attached hydrogen (secondary N) is 1. The third-order valence-corrected chi connectivity index (χ3v) is 4.03. The second kappa shape index (κ2) is 6.50. The van der Waals surface area contributed by atoms with E-state index >= 15 is 0 Å². The zero-order valence-electron chi connectivity index (χ0n) is 11.5. The van der Waals surface area contributed by atoms with Crippen LogP contribution in [-0.2, 0) is 6.54 Å². The number of nitrogens with two attached hydrogens (primary N) is 1. The van der Waals surface area contributed by atoms with E-state index in [1.54, 1.807) is 4.68 Å². The first-order chi connectivity index (χ1) is 10.6. The fourth-order valence-corrected chi connectivity index (χ4v) is 2.74. The zero-order chi connectivity index (χ0) is 15.5. The molecule has 2 aromatic carbocycles. The van der Waals surface area contributed by atoms with Gasteiger partial charge >= 0.3 is 0 Å². The molecule has 22 heavy (non-hydrogen) atoms. The van der Waals surface area contributed by atoms with Crippen molar-refractivity contribution in [2.24, 2.45) is 0 Å². The van der Waals surface area contributed by atoms with Crippen LogP contribution in [0, 0.1) is 0 Å². The summed E-state index contributed by atoms with van der Waals surface area (Å²) in [5.41, 5.74) is 7.77. The van der Waals surface area contributed by atoms with Gasteiger partial charge in [-0.05, 0) is 42.0 Å². The number of rotatable bonds is 4. The summed E-state index contributed by atoms with van der Waals surface area (Å²) < 4.78 is 3.80. The molecule has 3 rings (SSSR count). The lowest BCUT2D eigenvalue weighted by atomic mass is 10.2. The highest BCUT2D eigenvalue weighted by Crippen LogP contribution is 2.20. The van der Waals surface area contributed by atoms with Crippen molar-refractivity contribution < 1.29 is 0 Å². The Hall–Kier alpha value is -1.86. The molecular weight excluding hydrogens is 410 g/mol. The average Bonchev–Trinajstić information content (AvgIpc) is 2.81. The lowest BCUT2D eigenvalue weighted by molar-refractivity contribution is 0.697. The van der Waals surface area contributed by atoms with Crippen LogP contribution in [0.15, 0.2) is 57.5 Å². The first kappa shape index (κ1) is 15.1. The minimum atomic E-state index is 0.245. The molecule has 0 bridgehead atoms. The molecule has 0 atom stereocenters. The average molecular weight is 423 g/mol. The molecule has 0 unspecified atom stereocenters. The highest BCUT2D eigenvalue weighted by atomic mass is 79.9. The minimum Gasteiger partial charge on any atom is -0.366 e. The quantitative estimate of drug-likeness (QED) is 0.661. The largest absolute Gasteiger partial charge is 0.366 e. The highest BCUT2D eigenvalue weighted by molar-refractivity contribution is 9.10. The third-order valence-electron chi connectivity index (χ3n) is 3.01. The van der Waals surface area contributed by atoms with Crippen LogP contribution in [-0.4, -0.2) is 14.8 Å². The molecule has 0 saturated heterocycles. The Kier molecular flexibility index (Phi) is 4.44. The standard InChI is InChI=1S/C15H13Br2N5/c16-11-4-6-13(7-5-11)19-15-20-14(18)21-22(15)9-10-2-1-3-12(17)8-10/h1-8H,9H2,(H3,18,19,20,21). The number of aromatic nitrogens is 3. The molecule has 0 saturated carbocycles. The maximum atomic E-state index is 5.74. The number of halogens is 2. The van der Waals surface area contributed by atoms with Gasteiger partial charge in [0.25, 0.3) is 0 Å². The van der Waals surface area contributed by atoms with E-state index in [9.17, 15) is 0 Å². The van der Waals surface area contributed by atoms with Crippen LogP contribution in [0.2, 0.25) is 0 Å². The number of nitrogen functional groups attached to an aromatic ring is 1. The summed E-state index contributed by atoms with van der Waals surface area (Å²) in [7, 11) is 0. The molecule has 7 heteroatoms. The molecule has 5 nitrogen and oxygen atoms in total. The summed E-state index contributed by atoms with van der Waals surface area (Å²) in [6, 6.07) is 15.9. The van der Waals surface area contributed by atoms with Gasteiger partial charge in [-0.3, -0.25) is 0 Å². The van der Waals surface area contributed by atoms with Gasteiger partial charge in [-0.1, -0.05) is 44.0 Å². The van der Waals surface area contributed by atoms with Crippen LogP contribution >= 0.6 is 31.9 Å². The highest BCUT2D eigenvalue weighted by Gasteiger charge is 2.09. The number of anilines is 3. The van der Waals surface area contributed by atoms with Gasteiger partial charge in [-0.15, -0.1) is 5.10 Å². The Labute approximate surface area is 144 Å². The molecule has 0 fully saturated rings. The van der Waals surface area contributed by atoms with Crippen molar-refractivity contribution in [3.8, 4) is 0 Å². The Morgan fingerprint density at radius 2 is 1.82 bits per heavy atom. The van der Waals surface area contributed by atoms with Gasteiger partial charge in [-0.25, -0.2) is 4.68 Å². The third kappa shape index (κ3) is 3.66. The first-order valence-corrected chi connectivity index (χ1v) is 8.16. The van der Waals surface area contributed by atoms with E-state index in [-0.39, 0.29) is 5.95 Å². The van der Waals surface area contributed by atoms with E-state index in [1.165, 1.54) is 0 Å². The lowest BCUT2D eigenvalue weighted by Crippen LogP contribution is -2.07. The van der Waals surface area contributed by atoms with Crippen LogP contribution in [0.3, 0.4) is 0 Å². The predicted octanol–water partition coefficient (Wildman–Crippen LogP) is 4.18. The van der Waals surface area contributed by atoms with Gasteiger partial charge < -0.3 is 11.1 Å². The predicted molar refractivity (Wildman–Crippen MR) is 95.1 cm³/mol. The normalized spacial score (nSPS) is 10.6. The number of hydrogen-bond donors (Lipinski definition) is 2. The molecule has 1 heterocycles. The number of nitrogens with zero attached hydrogens (tertiary/aromatic N) is 3. The molecule has 112 valence electrons. The fraction of sp³-hybridized carbons (Fsp3) is 0.0667. The van der Waals surface area contributed by atoms with Gasteiger partial charge in [0.15, 0.2) is 0 Å². The van der Waals surface area contributed by atoms with Gasteiger partial charge in [0.2, 0.25) is 11.9 Å². The minimum absolute atomic E-state index is 0.245. The number of hydrogen-bond acceptors (Lipinski definition) is 4. The van der Waals surface area contributed by atoms with Crippen LogP contribution in [0.25, 0.3) is 0 Å². The van der Waals surface area contributed by atoms with Crippen LogP contribution in [0.5, 0.6) is 0 Å². The summed E-state index contributed by atoms with van der Waals surface area (Å²) in [6.45, 7) is 0.586. The van der Waals surface area contributed by atoms with Crippen LogP contribution < -0.4 is 11.1 Å².